The van der Waals surface area contributed by atoms with Crippen LogP contribution in [0.5, 0.6) is 11.5 Å². The van der Waals surface area contributed by atoms with E-state index in [4.69, 9.17) is 4.74 Å². The van der Waals surface area contributed by atoms with Gasteiger partial charge in [0.25, 0.3) is 5.91 Å². The highest BCUT2D eigenvalue weighted by atomic mass is 16.6. The lowest BCUT2D eigenvalue weighted by Gasteiger charge is -2.11. The number of benzene rings is 1. The molecule has 0 aromatic heterocycles. The maximum absolute atomic E-state index is 12.2. The number of nitro groups is 1. The first-order chi connectivity index (χ1) is 11.5. The molecule has 1 saturated carbocycles. The average molecular weight is 331 g/mol. The van der Waals surface area contributed by atoms with Gasteiger partial charge in [-0.15, -0.1) is 0 Å². The molecule has 0 heterocycles. The number of amides is 1. The second-order valence-corrected chi connectivity index (χ2v) is 5.47. The number of phenols is 1. The van der Waals surface area contributed by atoms with E-state index in [1.165, 1.54) is 19.3 Å². The molecule has 0 spiro atoms. The zero-order valence-electron chi connectivity index (χ0n) is 13.1. The number of nitro benzene ring substituents is 1. The number of methoxy groups -OCH3 is 1. The molecule has 24 heavy (non-hydrogen) atoms. The molecule has 2 rings (SSSR count). The van der Waals surface area contributed by atoms with Crippen molar-refractivity contribution < 1.29 is 19.6 Å². The number of carbonyl (C=O) groups is 1. The molecule has 1 aliphatic carbocycles. The molecule has 0 aliphatic heterocycles. The first kappa shape index (κ1) is 17.3. The van der Waals surface area contributed by atoms with E-state index in [9.17, 15) is 25.3 Å². The number of phenolic OH excluding ortho intramolecular Hbond substituents is 1. The van der Waals surface area contributed by atoms with Crippen LogP contribution in [0.15, 0.2) is 17.7 Å². The summed E-state index contributed by atoms with van der Waals surface area (Å²) in [6.45, 7) is 0. The number of aromatic hydroxyl groups is 1. The zero-order chi connectivity index (χ0) is 17.7. The third-order valence-electron chi connectivity index (χ3n) is 3.86. The summed E-state index contributed by atoms with van der Waals surface area (Å²) in [5.74, 6) is -1.23. The lowest BCUT2D eigenvalue weighted by molar-refractivity contribution is -0.386. The first-order valence-electron chi connectivity index (χ1n) is 7.44. The molecule has 0 unspecified atom stereocenters. The summed E-state index contributed by atoms with van der Waals surface area (Å²) in [4.78, 5) is 22.4. The fraction of sp³-hybridized carbons (Fsp3) is 0.375. The number of nitriles is 1. The molecule has 0 saturated heterocycles. The molecule has 0 bridgehead atoms. The molecule has 1 aromatic rings. The first-order valence-corrected chi connectivity index (χ1v) is 7.44. The Morgan fingerprint density at radius 3 is 2.71 bits per heavy atom. The Balaban J connectivity index is 2.32. The van der Waals surface area contributed by atoms with E-state index in [-0.39, 0.29) is 22.9 Å². The molecule has 0 atom stereocenters. The van der Waals surface area contributed by atoms with Crippen LogP contribution in [0.25, 0.3) is 6.08 Å². The Kier molecular flexibility index (Phi) is 5.37. The SMILES string of the molecule is COc1cc(/C=C(/C#N)C(=O)NC2CCCC2)cc([N+](=O)[O-])c1O. The van der Waals surface area contributed by atoms with Gasteiger partial charge in [0.15, 0.2) is 5.75 Å². The fourth-order valence-electron chi connectivity index (χ4n) is 2.64. The predicted molar refractivity (Wildman–Crippen MR) is 85.3 cm³/mol. The molecular formula is C16H17N3O5. The monoisotopic (exact) mass is 331 g/mol. The van der Waals surface area contributed by atoms with Gasteiger partial charge in [0.2, 0.25) is 5.75 Å². The van der Waals surface area contributed by atoms with E-state index < -0.39 is 22.3 Å². The largest absolute Gasteiger partial charge is 0.500 e. The van der Waals surface area contributed by atoms with Crippen LogP contribution in [0.1, 0.15) is 31.2 Å². The van der Waals surface area contributed by atoms with Crippen molar-refractivity contribution in [1.29, 1.82) is 5.26 Å². The Labute approximate surface area is 138 Å². The predicted octanol–water partition coefficient (Wildman–Crippen LogP) is 2.27. The minimum atomic E-state index is -0.764. The summed E-state index contributed by atoms with van der Waals surface area (Å²) < 4.78 is 4.89. The van der Waals surface area contributed by atoms with Crippen LogP contribution in [0, 0.1) is 21.4 Å². The lowest BCUT2D eigenvalue weighted by atomic mass is 10.1. The van der Waals surface area contributed by atoms with Crippen LogP contribution in [0.4, 0.5) is 5.69 Å². The van der Waals surface area contributed by atoms with Crippen molar-refractivity contribution in [1.82, 2.24) is 5.32 Å². The highest BCUT2D eigenvalue weighted by molar-refractivity contribution is 6.02. The second kappa shape index (κ2) is 7.46. The van der Waals surface area contributed by atoms with Gasteiger partial charge in [-0.25, -0.2) is 0 Å². The van der Waals surface area contributed by atoms with Gasteiger partial charge < -0.3 is 15.2 Å². The van der Waals surface area contributed by atoms with Gasteiger partial charge in [0, 0.05) is 12.1 Å². The minimum absolute atomic E-state index is 0.0536. The van der Waals surface area contributed by atoms with Crippen molar-refractivity contribution in [3.05, 3.63) is 33.4 Å². The van der Waals surface area contributed by atoms with Crippen molar-refractivity contribution in [2.75, 3.05) is 7.11 Å². The Morgan fingerprint density at radius 2 is 2.17 bits per heavy atom. The number of hydrogen-bond donors (Lipinski definition) is 2. The second-order valence-electron chi connectivity index (χ2n) is 5.47. The Hall–Kier alpha value is -3.08. The summed E-state index contributed by atoms with van der Waals surface area (Å²) in [7, 11) is 1.25. The van der Waals surface area contributed by atoms with Crippen LogP contribution in [0.2, 0.25) is 0 Å². The fourth-order valence-corrected chi connectivity index (χ4v) is 2.64. The van der Waals surface area contributed by atoms with Gasteiger partial charge in [-0.1, -0.05) is 12.8 Å². The van der Waals surface area contributed by atoms with Gasteiger partial charge in [0.1, 0.15) is 11.6 Å². The smallest absolute Gasteiger partial charge is 0.315 e. The lowest BCUT2D eigenvalue weighted by Crippen LogP contribution is -2.33. The molecule has 126 valence electrons. The number of nitrogens with zero attached hydrogens (tertiary/aromatic N) is 2. The molecular weight excluding hydrogens is 314 g/mol. The minimum Gasteiger partial charge on any atom is -0.500 e. The van der Waals surface area contributed by atoms with E-state index in [0.29, 0.717) is 0 Å². The van der Waals surface area contributed by atoms with E-state index in [1.807, 2.05) is 0 Å². The number of rotatable bonds is 5. The van der Waals surface area contributed by atoms with Crippen LogP contribution in [-0.4, -0.2) is 29.1 Å². The number of ether oxygens (including phenoxy) is 1. The number of hydrogen-bond acceptors (Lipinski definition) is 6. The van der Waals surface area contributed by atoms with Crippen molar-refractivity contribution >= 4 is 17.7 Å². The van der Waals surface area contributed by atoms with Crippen LogP contribution in [-0.2, 0) is 4.79 Å². The van der Waals surface area contributed by atoms with Gasteiger partial charge in [-0.3, -0.25) is 14.9 Å². The van der Waals surface area contributed by atoms with Gasteiger partial charge >= 0.3 is 5.69 Å². The van der Waals surface area contributed by atoms with E-state index in [0.717, 1.165) is 31.7 Å². The number of nitrogens with one attached hydrogen (secondary N) is 1. The van der Waals surface area contributed by atoms with Gasteiger partial charge in [-0.05, 0) is 30.5 Å². The van der Waals surface area contributed by atoms with E-state index in [2.05, 4.69) is 5.32 Å². The molecule has 1 aromatic carbocycles. The molecule has 1 amide bonds. The van der Waals surface area contributed by atoms with Gasteiger partial charge in [-0.2, -0.15) is 5.26 Å². The standard InChI is InChI=1S/C16H17N3O5/c1-24-14-8-10(7-13(15(14)20)19(22)23)6-11(9-17)16(21)18-12-4-2-3-5-12/h6-8,12,20H,2-5H2,1H3,(H,18,21)/b11-6-. The summed E-state index contributed by atoms with van der Waals surface area (Å²) in [5.41, 5.74) is -0.507. The maximum Gasteiger partial charge on any atom is 0.315 e. The summed E-state index contributed by atoms with van der Waals surface area (Å²) in [5, 5.41) is 32.7. The third kappa shape index (κ3) is 3.81. The number of carbonyl (C=O) groups excluding carboxylic acids is 1. The normalized spacial score (nSPS) is 14.9. The maximum atomic E-state index is 12.2. The van der Waals surface area contributed by atoms with Crippen LogP contribution >= 0.6 is 0 Å². The van der Waals surface area contributed by atoms with E-state index >= 15 is 0 Å². The van der Waals surface area contributed by atoms with Crippen molar-refractivity contribution in [2.24, 2.45) is 0 Å². The quantitative estimate of drug-likeness (QED) is 0.369. The molecule has 2 N–H and O–H groups in total. The molecule has 1 fully saturated rings. The van der Waals surface area contributed by atoms with Crippen molar-refractivity contribution in [3.63, 3.8) is 0 Å². The van der Waals surface area contributed by atoms with E-state index in [1.54, 1.807) is 6.07 Å². The highest BCUT2D eigenvalue weighted by Gasteiger charge is 2.22. The van der Waals surface area contributed by atoms with Crippen molar-refractivity contribution in [2.45, 2.75) is 31.7 Å². The average Bonchev–Trinajstić information content (AvgIpc) is 3.06. The molecule has 0 radical (unpaired) electrons. The summed E-state index contributed by atoms with van der Waals surface area (Å²) >= 11 is 0. The van der Waals surface area contributed by atoms with Crippen molar-refractivity contribution in [3.8, 4) is 17.6 Å². The molecule has 8 nitrogen and oxygen atoms in total. The highest BCUT2D eigenvalue weighted by Crippen LogP contribution is 2.37. The Morgan fingerprint density at radius 1 is 1.50 bits per heavy atom. The third-order valence-corrected chi connectivity index (χ3v) is 3.86. The van der Waals surface area contributed by atoms with Crippen LogP contribution in [0.3, 0.4) is 0 Å². The van der Waals surface area contributed by atoms with Crippen LogP contribution < -0.4 is 10.1 Å². The zero-order valence-corrected chi connectivity index (χ0v) is 13.1. The summed E-state index contributed by atoms with van der Waals surface area (Å²) in [6.07, 6.45) is 5.07. The Bertz CT molecular complexity index is 730. The molecule has 8 heteroatoms. The summed E-state index contributed by atoms with van der Waals surface area (Å²) in [6, 6.07) is 4.26. The molecule has 1 aliphatic rings. The van der Waals surface area contributed by atoms with Gasteiger partial charge in [0.05, 0.1) is 12.0 Å². The topological polar surface area (TPSA) is 125 Å².